The highest BCUT2D eigenvalue weighted by Crippen LogP contribution is 2.52. The zero-order valence-corrected chi connectivity index (χ0v) is 16.7. The Morgan fingerprint density at radius 3 is 2.18 bits per heavy atom. The standard InChI is InChI=1S/C21H22F6S/c1-5-13(2)14(3)20(24,25)21(26,27)19(22,23)12-17-11-18(28-15(17)4)16-9-7-6-8-10-16/h6-11,14H,2,5,12H2,1,3-4H3. The highest BCUT2D eigenvalue weighted by molar-refractivity contribution is 7.15. The molecule has 0 spiro atoms. The van der Waals surface area contributed by atoms with Gasteiger partial charge in [-0.05, 0) is 30.5 Å². The summed E-state index contributed by atoms with van der Waals surface area (Å²) >= 11 is 1.16. The van der Waals surface area contributed by atoms with Gasteiger partial charge >= 0.3 is 17.8 Å². The number of halogens is 6. The predicted octanol–water partition coefficient (Wildman–Crippen LogP) is 7.77. The van der Waals surface area contributed by atoms with Gasteiger partial charge in [-0.1, -0.05) is 56.3 Å². The molecule has 2 aromatic rings. The van der Waals surface area contributed by atoms with Crippen molar-refractivity contribution in [3.8, 4) is 10.4 Å². The van der Waals surface area contributed by atoms with Crippen LogP contribution in [0.1, 0.15) is 30.7 Å². The maximum Gasteiger partial charge on any atom is 0.372 e. The van der Waals surface area contributed by atoms with E-state index in [4.69, 9.17) is 0 Å². The summed E-state index contributed by atoms with van der Waals surface area (Å²) in [6.45, 7) is 7.10. The zero-order chi connectivity index (χ0) is 21.3. The van der Waals surface area contributed by atoms with Gasteiger partial charge in [-0.3, -0.25) is 0 Å². The third-order valence-electron chi connectivity index (χ3n) is 4.98. The van der Waals surface area contributed by atoms with E-state index in [-0.39, 0.29) is 17.6 Å². The molecule has 1 heterocycles. The maximum absolute atomic E-state index is 14.4. The normalized spacial score (nSPS) is 14.2. The Balaban J connectivity index is 2.34. The average molecular weight is 420 g/mol. The molecule has 0 nitrogen and oxygen atoms in total. The number of hydrogen-bond donors (Lipinski definition) is 0. The van der Waals surface area contributed by atoms with Gasteiger partial charge < -0.3 is 0 Å². The minimum Gasteiger partial charge on any atom is -0.199 e. The molecule has 0 fully saturated rings. The highest BCUT2D eigenvalue weighted by atomic mass is 32.1. The number of hydrogen-bond acceptors (Lipinski definition) is 1. The lowest BCUT2D eigenvalue weighted by Gasteiger charge is -2.36. The van der Waals surface area contributed by atoms with E-state index < -0.39 is 30.1 Å². The van der Waals surface area contributed by atoms with Crippen LogP contribution in [0.4, 0.5) is 26.3 Å². The number of rotatable bonds is 8. The zero-order valence-electron chi connectivity index (χ0n) is 15.8. The summed E-state index contributed by atoms with van der Waals surface area (Å²) < 4.78 is 86.2. The van der Waals surface area contributed by atoms with Crippen molar-refractivity contribution in [2.45, 2.75) is 51.4 Å². The number of aryl methyl sites for hydroxylation is 1. The molecule has 1 unspecified atom stereocenters. The largest absolute Gasteiger partial charge is 0.372 e. The average Bonchev–Trinajstić information content (AvgIpc) is 3.00. The van der Waals surface area contributed by atoms with Gasteiger partial charge in [0.2, 0.25) is 0 Å². The molecule has 1 atom stereocenters. The third-order valence-corrected chi connectivity index (χ3v) is 6.12. The molecule has 7 heteroatoms. The number of allylic oxidation sites excluding steroid dienone is 1. The van der Waals surface area contributed by atoms with Crippen LogP contribution in [-0.4, -0.2) is 17.8 Å². The van der Waals surface area contributed by atoms with Gasteiger partial charge in [0.25, 0.3) is 0 Å². The van der Waals surface area contributed by atoms with Gasteiger partial charge in [0.15, 0.2) is 0 Å². The first-order valence-electron chi connectivity index (χ1n) is 8.81. The molecule has 0 aliphatic heterocycles. The van der Waals surface area contributed by atoms with Gasteiger partial charge in [0.1, 0.15) is 0 Å². The molecule has 0 aliphatic rings. The first kappa shape index (κ1) is 22.5. The summed E-state index contributed by atoms with van der Waals surface area (Å²) in [5, 5.41) is 0. The second-order valence-corrected chi connectivity index (χ2v) is 8.13. The Morgan fingerprint density at radius 2 is 1.64 bits per heavy atom. The van der Waals surface area contributed by atoms with Gasteiger partial charge in [-0.15, -0.1) is 11.3 Å². The first-order valence-corrected chi connectivity index (χ1v) is 9.62. The van der Waals surface area contributed by atoms with Gasteiger partial charge in [-0.25, -0.2) is 0 Å². The molecule has 0 N–H and O–H groups in total. The molecule has 28 heavy (non-hydrogen) atoms. The van der Waals surface area contributed by atoms with Crippen LogP contribution in [0.25, 0.3) is 10.4 Å². The van der Waals surface area contributed by atoms with E-state index in [1.54, 1.807) is 30.3 Å². The van der Waals surface area contributed by atoms with E-state index in [1.165, 1.54) is 19.9 Å². The van der Waals surface area contributed by atoms with Crippen LogP contribution >= 0.6 is 11.3 Å². The number of alkyl halides is 6. The van der Waals surface area contributed by atoms with Gasteiger partial charge in [0, 0.05) is 22.1 Å². The second-order valence-electron chi connectivity index (χ2n) is 6.87. The fourth-order valence-corrected chi connectivity index (χ4v) is 3.92. The molecule has 0 saturated heterocycles. The lowest BCUT2D eigenvalue weighted by molar-refractivity contribution is -0.319. The van der Waals surface area contributed by atoms with Crippen LogP contribution in [0, 0.1) is 12.8 Å². The van der Waals surface area contributed by atoms with Crippen LogP contribution in [0.5, 0.6) is 0 Å². The SMILES string of the molecule is C=C(CC)C(C)C(F)(F)C(F)(F)C(F)(F)Cc1cc(-c2ccccc2)sc1C. The van der Waals surface area contributed by atoms with Gasteiger partial charge in [0.05, 0.1) is 0 Å². The van der Waals surface area contributed by atoms with Crippen molar-refractivity contribution in [3.63, 3.8) is 0 Å². The highest BCUT2D eigenvalue weighted by Gasteiger charge is 2.72. The van der Waals surface area contributed by atoms with E-state index in [2.05, 4.69) is 6.58 Å². The minimum atomic E-state index is -5.52. The molecule has 2 rings (SSSR count). The van der Waals surface area contributed by atoms with E-state index in [0.717, 1.165) is 23.8 Å². The van der Waals surface area contributed by atoms with Crippen LogP contribution < -0.4 is 0 Å². The van der Waals surface area contributed by atoms with Crippen LogP contribution in [0.2, 0.25) is 0 Å². The Labute approximate surface area is 164 Å². The van der Waals surface area contributed by atoms with E-state index in [0.29, 0.717) is 9.75 Å². The summed E-state index contributed by atoms with van der Waals surface area (Å²) in [4.78, 5) is 1.01. The van der Waals surface area contributed by atoms with E-state index in [9.17, 15) is 26.3 Å². The summed E-state index contributed by atoms with van der Waals surface area (Å²) in [7, 11) is 0. The van der Waals surface area contributed by atoms with Crippen LogP contribution in [0.3, 0.4) is 0 Å². The van der Waals surface area contributed by atoms with Crippen LogP contribution in [-0.2, 0) is 6.42 Å². The third kappa shape index (κ3) is 4.00. The predicted molar refractivity (Wildman–Crippen MR) is 102 cm³/mol. The maximum atomic E-state index is 14.4. The van der Waals surface area contributed by atoms with Crippen molar-refractivity contribution in [1.29, 1.82) is 0 Å². The van der Waals surface area contributed by atoms with E-state index in [1.807, 2.05) is 0 Å². The smallest absolute Gasteiger partial charge is 0.199 e. The summed E-state index contributed by atoms with van der Waals surface area (Å²) in [6.07, 6.45) is -1.46. The first-order chi connectivity index (χ1) is 12.8. The fraction of sp³-hybridized carbons (Fsp3) is 0.429. The lowest BCUT2D eigenvalue weighted by Crippen LogP contribution is -2.58. The number of thiophene rings is 1. The van der Waals surface area contributed by atoms with Crippen molar-refractivity contribution in [2.24, 2.45) is 5.92 Å². The van der Waals surface area contributed by atoms with Crippen LogP contribution in [0.15, 0.2) is 48.6 Å². The Morgan fingerprint density at radius 1 is 1.07 bits per heavy atom. The van der Waals surface area contributed by atoms with Crippen molar-refractivity contribution in [1.82, 2.24) is 0 Å². The van der Waals surface area contributed by atoms with Crippen molar-refractivity contribution in [2.75, 3.05) is 0 Å². The topological polar surface area (TPSA) is 0 Å². The Hall–Kier alpha value is -1.76. The minimum absolute atomic E-state index is 0.00246. The molecule has 0 aliphatic carbocycles. The molecular weight excluding hydrogens is 398 g/mol. The summed E-state index contributed by atoms with van der Waals surface area (Å²) in [5.41, 5.74) is 0.486. The summed E-state index contributed by atoms with van der Waals surface area (Å²) in [6, 6.07) is 10.2. The van der Waals surface area contributed by atoms with Crippen molar-refractivity contribution in [3.05, 3.63) is 59.0 Å². The molecule has 0 radical (unpaired) electrons. The lowest BCUT2D eigenvalue weighted by atomic mass is 9.85. The number of benzene rings is 1. The molecular formula is C21H22F6S. The molecule has 1 aromatic carbocycles. The quantitative estimate of drug-likeness (QED) is 0.302. The molecule has 1 aromatic heterocycles. The van der Waals surface area contributed by atoms with Crippen molar-refractivity contribution < 1.29 is 26.3 Å². The molecule has 0 bridgehead atoms. The second kappa shape index (κ2) is 7.93. The Kier molecular flexibility index (Phi) is 6.38. The monoisotopic (exact) mass is 420 g/mol. The molecule has 154 valence electrons. The molecule has 0 amide bonds. The van der Waals surface area contributed by atoms with Crippen molar-refractivity contribution >= 4 is 11.3 Å². The Bertz CT molecular complexity index is 823. The summed E-state index contributed by atoms with van der Waals surface area (Å²) in [5.74, 6) is -17.4. The fourth-order valence-electron chi connectivity index (χ4n) is 2.87. The molecule has 0 saturated carbocycles. The van der Waals surface area contributed by atoms with E-state index >= 15 is 0 Å². The van der Waals surface area contributed by atoms with Gasteiger partial charge in [-0.2, -0.15) is 26.3 Å².